The zero-order chi connectivity index (χ0) is 11.5. The topological polar surface area (TPSA) is 42.2 Å². The molecular formula is C12H12ClN3. The molecule has 0 spiro atoms. The van der Waals surface area contributed by atoms with Gasteiger partial charge in [-0.05, 0) is 36.4 Å². The third-order valence-electron chi connectivity index (χ3n) is 2.35. The minimum atomic E-state index is 0.653. The third kappa shape index (κ3) is 2.09. The van der Waals surface area contributed by atoms with Crippen LogP contribution >= 0.6 is 11.6 Å². The van der Waals surface area contributed by atoms with Crippen molar-refractivity contribution in [1.29, 1.82) is 0 Å². The summed E-state index contributed by atoms with van der Waals surface area (Å²) < 4.78 is 0. The third-order valence-corrected chi connectivity index (χ3v) is 2.60. The molecule has 0 bridgehead atoms. The van der Waals surface area contributed by atoms with Crippen molar-refractivity contribution >= 4 is 28.8 Å². The summed E-state index contributed by atoms with van der Waals surface area (Å²) in [6, 6.07) is 11.2. The van der Waals surface area contributed by atoms with Crippen molar-refractivity contribution in [3.05, 3.63) is 47.6 Å². The first-order valence-corrected chi connectivity index (χ1v) is 5.26. The molecule has 1 aromatic carbocycles. The van der Waals surface area contributed by atoms with Gasteiger partial charge in [0.2, 0.25) is 0 Å². The standard InChI is InChI=1S/C12H12ClN3/c1-16(10-6-4-9(13)5-7-10)12-11(14)3-2-8-15-12/h2-8H,14H2,1H3. The summed E-state index contributed by atoms with van der Waals surface area (Å²) in [6.45, 7) is 0. The lowest BCUT2D eigenvalue weighted by atomic mass is 10.3. The second-order valence-electron chi connectivity index (χ2n) is 3.45. The van der Waals surface area contributed by atoms with E-state index in [-0.39, 0.29) is 0 Å². The van der Waals surface area contributed by atoms with E-state index in [1.807, 2.05) is 48.3 Å². The van der Waals surface area contributed by atoms with Crippen LogP contribution in [-0.4, -0.2) is 12.0 Å². The molecule has 1 heterocycles. The molecule has 2 aromatic rings. The maximum atomic E-state index is 5.86. The van der Waals surface area contributed by atoms with Gasteiger partial charge in [0.1, 0.15) is 0 Å². The molecule has 0 aliphatic heterocycles. The molecule has 0 saturated carbocycles. The molecule has 82 valence electrons. The molecule has 0 radical (unpaired) electrons. The molecule has 0 aliphatic carbocycles. The average Bonchev–Trinajstić information content (AvgIpc) is 2.30. The lowest BCUT2D eigenvalue weighted by Crippen LogP contribution is -2.12. The van der Waals surface area contributed by atoms with Gasteiger partial charge in [0.15, 0.2) is 5.82 Å². The summed E-state index contributed by atoms with van der Waals surface area (Å²) in [7, 11) is 1.92. The van der Waals surface area contributed by atoms with Crippen LogP contribution in [-0.2, 0) is 0 Å². The maximum Gasteiger partial charge on any atom is 0.155 e. The lowest BCUT2D eigenvalue weighted by Gasteiger charge is -2.19. The first-order valence-electron chi connectivity index (χ1n) is 4.88. The fourth-order valence-electron chi connectivity index (χ4n) is 1.48. The second-order valence-corrected chi connectivity index (χ2v) is 3.89. The fraction of sp³-hybridized carbons (Fsp3) is 0.0833. The van der Waals surface area contributed by atoms with Crippen LogP contribution in [0.3, 0.4) is 0 Å². The van der Waals surface area contributed by atoms with Gasteiger partial charge < -0.3 is 10.6 Å². The van der Waals surface area contributed by atoms with Crippen molar-refractivity contribution in [2.45, 2.75) is 0 Å². The van der Waals surface area contributed by atoms with Crippen molar-refractivity contribution in [2.75, 3.05) is 17.7 Å². The molecule has 0 saturated heterocycles. The Hall–Kier alpha value is -1.74. The minimum absolute atomic E-state index is 0.653. The second kappa shape index (κ2) is 4.41. The van der Waals surface area contributed by atoms with Crippen LogP contribution < -0.4 is 10.6 Å². The molecule has 1 aromatic heterocycles. The quantitative estimate of drug-likeness (QED) is 0.867. The molecule has 0 amide bonds. The van der Waals surface area contributed by atoms with Crippen molar-refractivity contribution in [3.8, 4) is 0 Å². The average molecular weight is 234 g/mol. The van der Waals surface area contributed by atoms with Gasteiger partial charge in [0, 0.05) is 24.0 Å². The van der Waals surface area contributed by atoms with Crippen molar-refractivity contribution in [2.24, 2.45) is 0 Å². The number of halogens is 1. The van der Waals surface area contributed by atoms with E-state index in [0.29, 0.717) is 10.7 Å². The molecule has 2 N–H and O–H groups in total. The van der Waals surface area contributed by atoms with Gasteiger partial charge >= 0.3 is 0 Å². The summed E-state index contributed by atoms with van der Waals surface area (Å²) in [5.74, 6) is 0.741. The van der Waals surface area contributed by atoms with Crippen molar-refractivity contribution in [1.82, 2.24) is 4.98 Å². The number of nitrogens with two attached hydrogens (primary N) is 1. The van der Waals surface area contributed by atoms with Crippen LogP contribution in [0, 0.1) is 0 Å². The van der Waals surface area contributed by atoms with Crippen LogP contribution in [0.15, 0.2) is 42.6 Å². The Morgan fingerprint density at radius 1 is 1.19 bits per heavy atom. The summed E-state index contributed by atoms with van der Waals surface area (Å²) in [4.78, 5) is 6.17. The van der Waals surface area contributed by atoms with Crippen molar-refractivity contribution in [3.63, 3.8) is 0 Å². The maximum absolute atomic E-state index is 5.86. The Balaban J connectivity index is 2.35. The number of anilines is 3. The number of nitrogens with zero attached hydrogens (tertiary/aromatic N) is 2. The lowest BCUT2D eigenvalue weighted by molar-refractivity contribution is 1.13. The number of rotatable bonds is 2. The largest absolute Gasteiger partial charge is 0.396 e. The highest BCUT2D eigenvalue weighted by Gasteiger charge is 2.07. The highest BCUT2D eigenvalue weighted by Crippen LogP contribution is 2.26. The Labute approximate surface area is 99.5 Å². The zero-order valence-corrected chi connectivity index (χ0v) is 9.65. The molecule has 0 aliphatic rings. The molecule has 16 heavy (non-hydrogen) atoms. The Morgan fingerprint density at radius 3 is 2.50 bits per heavy atom. The molecule has 4 heteroatoms. The summed E-state index contributed by atoms with van der Waals surface area (Å²) in [5.41, 5.74) is 7.51. The minimum Gasteiger partial charge on any atom is -0.396 e. The number of benzene rings is 1. The Bertz CT molecular complexity index is 482. The number of nitrogen functional groups attached to an aromatic ring is 1. The molecule has 0 fully saturated rings. The van der Waals surface area contributed by atoms with Crippen LogP contribution in [0.4, 0.5) is 17.2 Å². The number of hydrogen-bond acceptors (Lipinski definition) is 3. The van der Waals surface area contributed by atoms with Gasteiger partial charge in [0.25, 0.3) is 0 Å². The predicted molar refractivity (Wildman–Crippen MR) is 68.2 cm³/mol. The van der Waals surface area contributed by atoms with E-state index in [4.69, 9.17) is 17.3 Å². The number of aromatic nitrogens is 1. The monoisotopic (exact) mass is 233 g/mol. The van der Waals surface area contributed by atoms with Crippen LogP contribution in [0.5, 0.6) is 0 Å². The van der Waals surface area contributed by atoms with Gasteiger partial charge in [-0.3, -0.25) is 0 Å². The zero-order valence-electron chi connectivity index (χ0n) is 8.89. The fourth-order valence-corrected chi connectivity index (χ4v) is 1.60. The van der Waals surface area contributed by atoms with E-state index in [2.05, 4.69) is 4.98 Å². The number of hydrogen-bond donors (Lipinski definition) is 1. The van der Waals surface area contributed by atoms with E-state index in [1.54, 1.807) is 6.20 Å². The first-order chi connectivity index (χ1) is 7.68. The van der Waals surface area contributed by atoms with E-state index in [1.165, 1.54) is 0 Å². The van der Waals surface area contributed by atoms with E-state index >= 15 is 0 Å². The molecule has 0 unspecified atom stereocenters. The molecule has 0 atom stereocenters. The molecule has 2 rings (SSSR count). The van der Waals surface area contributed by atoms with Crippen LogP contribution in [0.25, 0.3) is 0 Å². The van der Waals surface area contributed by atoms with Gasteiger partial charge in [-0.1, -0.05) is 11.6 Å². The van der Waals surface area contributed by atoms with Gasteiger partial charge in [0.05, 0.1) is 5.69 Å². The van der Waals surface area contributed by atoms with Gasteiger partial charge in [-0.15, -0.1) is 0 Å². The van der Waals surface area contributed by atoms with E-state index < -0.39 is 0 Å². The predicted octanol–water partition coefficient (Wildman–Crippen LogP) is 3.09. The molecular weight excluding hydrogens is 222 g/mol. The number of pyridine rings is 1. The van der Waals surface area contributed by atoms with Gasteiger partial charge in [-0.2, -0.15) is 0 Å². The van der Waals surface area contributed by atoms with Gasteiger partial charge in [-0.25, -0.2) is 4.98 Å². The van der Waals surface area contributed by atoms with Crippen molar-refractivity contribution < 1.29 is 0 Å². The summed E-state index contributed by atoms with van der Waals surface area (Å²) >= 11 is 5.83. The van der Waals surface area contributed by atoms with E-state index in [9.17, 15) is 0 Å². The summed E-state index contributed by atoms with van der Waals surface area (Å²) in [6.07, 6.45) is 1.72. The van der Waals surface area contributed by atoms with Crippen LogP contribution in [0.1, 0.15) is 0 Å². The smallest absolute Gasteiger partial charge is 0.155 e. The highest BCUT2D eigenvalue weighted by atomic mass is 35.5. The Kier molecular flexibility index (Phi) is 2.97. The first kappa shape index (κ1) is 10.8. The highest BCUT2D eigenvalue weighted by molar-refractivity contribution is 6.30. The summed E-state index contributed by atoms with van der Waals surface area (Å²) in [5, 5.41) is 0.714. The Morgan fingerprint density at radius 2 is 1.88 bits per heavy atom. The van der Waals surface area contributed by atoms with E-state index in [0.717, 1.165) is 11.5 Å². The van der Waals surface area contributed by atoms with Crippen LogP contribution in [0.2, 0.25) is 5.02 Å². The normalized spacial score (nSPS) is 10.1. The SMILES string of the molecule is CN(c1ccc(Cl)cc1)c1ncccc1N. The molecule has 3 nitrogen and oxygen atoms in total.